The van der Waals surface area contributed by atoms with Gasteiger partial charge >= 0.3 is 0 Å². The number of hydrazone groups is 1. The first-order valence-corrected chi connectivity index (χ1v) is 9.29. The van der Waals surface area contributed by atoms with Crippen LogP contribution < -0.4 is 5.43 Å². The van der Waals surface area contributed by atoms with Crippen LogP contribution in [0.5, 0.6) is 0 Å². The molecule has 1 heterocycles. The van der Waals surface area contributed by atoms with Gasteiger partial charge in [0.25, 0.3) is 5.91 Å². The number of nitrogens with zero attached hydrogens (tertiary/aromatic N) is 1. The summed E-state index contributed by atoms with van der Waals surface area (Å²) >= 11 is 7.79. The molecule has 2 aromatic carbocycles. The Hall–Kier alpha value is -2.17. The summed E-state index contributed by atoms with van der Waals surface area (Å²) in [6.45, 7) is 6.12. The molecule has 0 fully saturated rings. The average Bonchev–Trinajstić information content (AvgIpc) is 2.91. The van der Waals surface area contributed by atoms with E-state index < -0.39 is 0 Å². The van der Waals surface area contributed by atoms with Gasteiger partial charge in [-0.25, -0.2) is 5.43 Å². The zero-order valence-electron chi connectivity index (χ0n) is 14.3. The smallest absolute Gasteiger partial charge is 0.266 e. The molecule has 3 aromatic rings. The van der Waals surface area contributed by atoms with Crippen molar-refractivity contribution < 1.29 is 4.79 Å². The lowest BCUT2D eigenvalue weighted by atomic mass is 10.0. The fraction of sp³-hybridized carbons (Fsp3) is 0.200. The molecule has 0 saturated carbocycles. The fourth-order valence-electron chi connectivity index (χ4n) is 2.62. The van der Waals surface area contributed by atoms with Crippen molar-refractivity contribution in [3.63, 3.8) is 0 Å². The largest absolute Gasteiger partial charge is 0.283 e. The molecule has 0 aliphatic rings. The maximum atomic E-state index is 12.6. The van der Waals surface area contributed by atoms with Crippen LogP contribution in [0.1, 0.15) is 34.6 Å². The summed E-state index contributed by atoms with van der Waals surface area (Å²) in [5, 5.41) is 5.75. The van der Waals surface area contributed by atoms with Crippen molar-refractivity contribution in [3.8, 4) is 0 Å². The lowest BCUT2D eigenvalue weighted by molar-refractivity contribution is 0.0959. The Morgan fingerprint density at radius 2 is 1.88 bits per heavy atom. The summed E-state index contributed by atoms with van der Waals surface area (Å²) in [6, 6.07) is 15.8. The topological polar surface area (TPSA) is 41.5 Å². The van der Waals surface area contributed by atoms with Crippen LogP contribution in [-0.4, -0.2) is 11.6 Å². The van der Waals surface area contributed by atoms with Gasteiger partial charge in [-0.1, -0.05) is 67.9 Å². The molecule has 128 valence electrons. The van der Waals surface area contributed by atoms with Crippen molar-refractivity contribution in [2.75, 3.05) is 0 Å². The maximum Gasteiger partial charge on any atom is 0.283 e. The van der Waals surface area contributed by atoms with Gasteiger partial charge < -0.3 is 0 Å². The van der Waals surface area contributed by atoms with Crippen molar-refractivity contribution in [3.05, 3.63) is 69.6 Å². The molecule has 0 aliphatic carbocycles. The van der Waals surface area contributed by atoms with Crippen molar-refractivity contribution in [1.29, 1.82) is 0 Å². The molecular weight excluding hydrogens is 352 g/mol. The molecule has 0 atom stereocenters. The second-order valence-electron chi connectivity index (χ2n) is 6.20. The lowest BCUT2D eigenvalue weighted by Crippen LogP contribution is -2.21. The molecule has 0 unspecified atom stereocenters. The number of halogens is 1. The molecule has 3 rings (SSSR count). The fourth-order valence-corrected chi connectivity index (χ4v) is 4.12. The summed E-state index contributed by atoms with van der Waals surface area (Å²) in [5.74, 6) is -0.0961. The highest BCUT2D eigenvalue weighted by molar-refractivity contribution is 7.21. The van der Waals surface area contributed by atoms with E-state index in [1.165, 1.54) is 11.3 Å². The monoisotopic (exact) mass is 370 g/mol. The number of nitrogens with one attached hydrogen (secondary N) is 1. The van der Waals surface area contributed by atoms with E-state index in [-0.39, 0.29) is 11.8 Å². The van der Waals surface area contributed by atoms with Crippen LogP contribution in [-0.2, 0) is 0 Å². The van der Waals surface area contributed by atoms with Crippen molar-refractivity contribution in [1.82, 2.24) is 5.43 Å². The number of aryl methyl sites for hydroxylation is 1. The third-order valence-electron chi connectivity index (χ3n) is 3.89. The first-order chi connectivity index (χ1) is 12.0. The highest BCUT2D eigenvalue weighted by atomic mass is 35.5. The van der Waals surface area contributed by atoms with Gasteiger partial charge in [0.05, 0.1) is 10.7 Å². The first kappa shape index (κ1) is 17.6. The van der Waals surface area contributed by atoms with Crippen LogP contribution in [0, 0.1) is 12.8 Å². The number of carbonyl (C=O) groups excluding carboxylic acids is 1. The van der Waals surface area contributed by atoms with Crippen molar-refractivity contribution in [2.45, 2.75) is 20.8 Å². The van der Waals surface area contributed by atoms with Crippen LogP contribution in [0.3, 0.4) is 0 Å². The minimum absolute atomic E-state index is 0.184. The van der Waals surface area contributed by atoms with Gasteiger partial charge in [-0.15, -0.1) is 11.3 Å². The van der Waals surface area contributed by atoms with Crippen LogP contribution in [0.2, 0.25) is 5.02 Å². The number of hydrogen-bond donors (Lipinski definition) is 1. The van der Waals surface area contributed by atoms with Gasteiger partial charge in [0, 0.05) is 10.1 Å². The number of hydrogen-bond acceptors (Lipinski definition) is 3. The van der Waals surface area contributed by atoms with Gasteiger partial charge in [0.15, 0.2) is 0 Å². The number of amides is 1. The molecule has 0 spiro atoms. The van der Waals surface area contributed by atoms with E-state index in [9.17, 15) is 4.79 Å². The second kappa shape index (κ2) is 7.38. The minimum Gasteiger partial charge on any atom is -0.266 e. The number of fused-ring (bicyclic) bond motifs is 1. The number of benzene rings is 2. The van der Waals surface area contributed by atoms with E-state index in [0.29, 0.717) is 9.90 Å². The number of thiophene rings is 1. The van der Waals surface area contributed by atoms with Crippen LogP contribution in [0.25, 0.3) is 10.1 Å². The molecular formula is C20H19ClN2OS. The van der Waals surface area contributed by atoms with E-state index in [1.807, 2.05) is 69.3 Å². The van der Waals surface area contributed by atoms with Crippen LogP contribution in [0.15, 0.2) is 53.6 Å². The summed E-state index contributed by atoms with van der Waals surface area (Å²) < 4.78 is 1.01. The summed E-state index contributed by atoms with van der Waals surface area (Å²) in [5.41, 5.74) is 5.64. The molecule has 1 amide bonds. The third kappa shape index (κ3) is 3.75. The Morgan fingerprint density at radius 3 is 2.56 bits per heavy atom. The molecule has 0 radical (unpaired) electrons. The molecule has 5 heteroatoms. The Balaban J connectivity index is 1.90. The Morgan fingerprint density at radius 1 is 1.16 bits per heavy atom. The predicted molar refractivity (Wildman–Crippen MR) is 107 cm³/mol. The minimum atomic E-state index is -0.280. The van der Waals surface area contributed by atoms with Crippen molar-refractivity contribution in [2.24, 2.45) is 11.0 Å². The zero-order chi connectivity index (χ0) is 18.0. The Kier molecular flexibility index (Phi) is 5.21. The highest BCUT2D eigenvalue weighted by Gasteiger charge is 2.17. The Bertz CT molecular complexity index is 945. The normalized spacial score (nSPS) is 12.0. The summed E-state index contributed by atoms with van der Waals surface area (Å²) in [6.07, 6.45) is 0. The molecule has 3 nitrogen and oxygen atoms in total. The molecule has 0 aliphatic heterocycles. The van der Waals surface area contributed by atoms with E-state index in [1.54, 1.807) is 0 Å². The molecule has 0 bridgehead atoms. The summed E-state index contributed by atoms with van der Waals surface area (Å²) in [4.78, 5) is 13.1. The average molecular weight is 371 g/mol. The van der Waals surface area contributed by atoms with Gasteiger partial charge in [-0.05, 0) is 30.0 Å². The Labute approximate surface area is 156 Å². The molecule has 0 saturated heterocycles. The molecule has 1 N–H and O–H groups in total. The predicted octanol–water partition coefficient (Wildman–Crippen LogP) is 5.65. The van der Waals surface area contributed by atoms with E-state index in [4.69, 9.17) is 11.6 Å². The van der Waals surface area contributed by atoms with Crippen LogP contribution in [0.4, 0.5) is 0 Å². The van der Waals surface area contributed by atoms with Gasteiger partial charge in [-0.2, -0.15) is 5.10 Å². The van der Waals surface area contributed by atoms with Crippen molar-refractivity contribution >= 4 is 44.6 Å². The SMILES string of the molecule is Cc1ccc2c(Cl)c(C(=O)N/N=C(/c3ccccc3)C(C)C)sc2c1. The number of carbonyl (C=O) groups is 1. The summed E-state index contributed by atoms with van der Waals surface area (Å²) in [7, 11) is 0. The lowest BCUT2D eigenvalue weighted by Gasteiger charge is -2.10. The van der Waals surface area contributed by atoms with Gasteiger partial charge in [-0.3, -0.25) is 4.79 Å². The standard InChI is InChI=1S/C20H19ClN2OS/c1-12(2)18(14-7-5-4-6-8-14)22-23-20(24)19-17(21)15-10-9-13(3)11-16(15)25-19/h4-12H,1-3H3,(H,23,24)/b22-18+. The zero-order valence-corrected chi connectivity index (χ0v) is 15.9. The van der Waals surface area contributed by atoms with E-state index >= 15 is 0 Å². The van der Waals surface area contributed by atoms with Crippen LogP contribution >= 0.6 is 22.9 Å². The maximum absolute atomic E-state index is 12.6. The second-order valence-corrected chi connectivity index (χ2v) is 7.63. The molecule has 25 heavy (non-hydrogen) atoms. The number of rotatable bonds is 4. The van der Waals surface area contributed by atoms with E-state index in [2.05, 4.69) is 10.5 Å². The van der Waals surface area contributed by atoms with Gasteiger partial charge in [0.2, 0.25) is 0 Å². The van der Waals surface area contributed by atoms with E-state index in [0.717, 1.165) is 26.9 Å². The first-order valence-electron chi connectivity index (χ1n) is 8.09. The molecule has 1 aromatic heterocycles. The third-order valence-corrected chi connectivity index (χ3v) is 5.54. The highest BCUT2D eigenvalue weighted by Crippen LogP contribution is 2.35. The quantitative estimate of drug-likeness (QED) is 0.467. The van der Waals surface area contributed by atoms with Gasteiger partial charge in [0.1, 0.15) is 4.88 Å².